The molecule has 0 spiro atoms. The number of carbonyl (C=O) groups is 1. The maximum Gasteiger partial charge on any atom is 0.372 e. The topological polar surface area (TPSA) is 62.5 Å². The van der Waals surface area contributed by atoms with Crippen LogP contribution in [-0.2, 0) is 6.54 Å². The normalized spacial score (nSPS) is 10.2. The van der Waals surface area contributed by atoms with Gasteiger partial charge in [-0.15, -0.1) is 0 Å². The maximum absolute atomic E-state index is 10.8. The molecule has 17 heavy (non-hydrogen) atoms. The van der Waals surface area contributed by atoms with Gasteiger partial charge in [0.2, 0.25) is 5.76 Å². The van der Waals surface area contributed by atoms with Crippen LogP contribution in [0.25, 0.3) is 0 Å². The summed E-state index contributed by atoms with van der Waals surface area (Å²) in [6, 6.07) is 8.83. The molecule has 0 unspecified atom stereocenters. The van der Waals surface area contributed by atoms with Crippen molar-refractivity contribution in [3.05, 3.63) is 52.9 Å². The highest BCUT2D eigenvalue weighted by Crippen LogP contribution is 2.17. The van der Waals surface area contributed by atoms with E-state index in [4.69, 9.17) is 21.1 Å². The summed E-state index contributed by atoms with van der Waals surface area (Å²) in [5, 5.41) is 12.6. The van der Waals surface area contributed by atoms with Gasteiger partial charge in [-0.05, 0) is 24.3 Å². The van der Waals surface area contributed by atoms with Gasteiger partial charge in [-0.3, -0.25) is 0 Å². The van der Waals surface area contributed by atoms with Crippen LogP contribution in [0.15, 0.2) is 41.0 Å². The largest absolute Gasteiger partial charge is 0.475 e. The molecule has 5 heteroatoms. The SMILES string of the molecule is O=C(O)c1occc1CNc1cccc(Cl)c1. The lowest BCUT2D eigenvalue weighted by atomic mass is 10.2. The summed E-state index contributed by atoms with van der Waals surface area (Å²) in [5.41, 5.74) is 1.42. The molecule has 0 aliphatic carbocycles. The van der Waals surface area contributed by atoms with Gasteiger partial charge in [0.15, 0.2) is 0 Å². The number of aromatic carboxylic acids is 1. The molecule has 0 aliphatic rings. The first-order chi connectivity index (χ1) is 8.16. The molecule has 1 aromatic heterocycles. The molecule has 0 saturated carbocycles. The van der Waals surface area contributed by atoms with Crippen molar-refractivity contribution in [1.82, 2.24) is 0 Å². The molecule has 0 atom stereocenters. The second-order valence-corrected chi connectivity index (χ2v) is 3.88. The van der Waals surface area contributed by atoms with Crippen LogP contribution < -0.4 is 5.32 Å². The molecule has 1 aromatic carbocycles. The van der Waals surface area contributed by atoms with Crippen LogP contribution in [0.1, 0.15) is 16.1 Å². The second kappa shape index (κ2) is 4.93. The molecule has 0 radical (unpaired) electrons. The highest BCUT2D eigenvalue weighted by atomic mass is 35.5. The Bertz CT molecular complexity index is 536. The van der Waals surface area contributed by atoms with Gasteiger partial charge >= 0.3 is 5.97 Å². The summed E-state index contributed by atoms with van der Waals surface area (Å²) >= 11 is 5.83. The number of furan rings is 1. The highest BCUT2D eigenvalue weighted by molar-refractivity contribution is 6.30. The number of hydrogen-bond acceptors (Lipinski definition) is 3. The zero-order chi connectivity index (χ0) is 12.3. The Balaban J connectivity index is 2.07. The van der Waals surface area contributed by atoms with Crippen LogP contribution in [0.5, 0.6) is 0 Å². The Morgan fingerprint density at radius 1 is 1.41 bits per heavy atom. The minimum Gasteiger partial charge on any atom is -0.475 e. The third-order valence-electron chi connectivity index (χ3n) is 2.25. The van der Waals surface area contributed by atoms with Gasteiger partial charge in [0.05, 0.1) is 6.26 Å². The Kier molecular flexibility index (Phi) is 3.35. The van der Waals surface area contributed by atoms with E-state index in [0.29, 0.717) is 17.1 Å². The molecular weight excluding hydrogens is 242 g/mol. The average Bonchev–Trinajstić information content (AvgIpc) is 2.74. The van der Waals surface area contributed by atoms with Crippen molar-refractivity contribution in [2.75, 3.05) is 5.32 Å². The van der Waals surface area contributed by atoms with Crippen molar-refractivity contribution < 1.29 is 14.3 Å². The molecule has 88 valence electrons. The van der Waals surface area contributed by atoms with E-state index in [1.807, 2.05) is 12.1 Å². The third kappa shape index (κ3) is 2.79. The summed E-state index contributed by atoms with van der Waals surface area (Å²) in [6.45, 7) is 0.373. The number of nitrogens with one attached hydrogen (secondary N) is 1. The molecule has 0 amide bonds. The van der Waals surface area contributed by atoms with Gasteiger partial charge in [-0.2, -0.15) is 0 Å². The number of halogens is 1. The van der Waals surface area contributed by atoms with Gasteiger partial charge in [0.25, 0.3) is 0 Å². The predicted molar refractivity (Wildman–Crippen MR) is 64.4 cm³/mol. The molecule has 2 rings (SSSR count). The van der Waals surface area contributed by atoms with Crippen LogP contribution in [0.4, 0.5) is 5.69 Å². The number of hydrogen-bond donors (Lipinski definition) is 2. The Morgan fingerprint density at radius 3 is 2.94 bits per heavy atom. The van der Waals surface area contributed by atoms with Crippen molar-refractivity contribution in [2.45, 2.75) is 6.54 Å². The zero-order valence-corrected chi connectivity index (χ0v) is 9.57. The quantitative estimate of drug-likeness (QED) is 0.876. The molecule has 0 saturated heterocycles. The number of rotatable bonds is 4. The summed E-state index contributed by atoms with van der Waals surface area (Å²) in [4.78, 5) is 10.8. The lowest BCUT2D eigenvalue weighted by Gasteiger charge is -2.05. The van der Waals surface area contributed by atoms with Crippen molar-refractivity contribution in [1.29, 1.82) is 0 Å². The van der Waals surface area contributed by atoms with E-state index in [2.05, 4.69) is 5.32 Å². The fourth-order valence-electron chi connectivity index (χ4n) is 1.46. The minimum absolute atomic E-state index is 0.0421. The maximum atomic E-state index is 10.8. The van der Waals surface area contributed by atoms with E-state index in [9.17, 15) is 4.79 Å². The number of benzene rings is 1. The Morgan fingerprint density at radius 2 is 2.24 bits per heavy atom. The lowest BCUT2D eigenvalue weighted by molar-refractivity contribution is 0.0661. The fraction of sp³-hybridized carbons (Fsp3) is 0.0833. The van der Waals surface area contributed by atoms with Crippen molar-refractivity contribution >= 4 is 23.3 Å². The monoisotopic (exact) mass is 251 g/mol. The third-order valence-corrected chi connectivity index (χ3v) is 2.48. The van der Waals surface area contributed by atoms with Gasteiger partial charge in [-0.25, -0.2) is 4.79 Å². The molecule has 4 nitrogen and oxygen atoms in total. The highest BCUT2D eigenvalue weighted by Gasteiger charge is 2.13. The van der Waals surface area contributed by atoms with Crippen LogP contribution >= 0.6 is 11.6 Å². The van der Waals surface area contributed by atoms with E-state index in [1.54, 1.807) is 18.2 Å². The zero-order valence-electron chi connectivity index (χ0n) is 8.81. The van der Waals surface area contributed by atoms with Crippen LogP contribution in [0.2, 0.25) is 5.02 Å². The van der Waals surface area contributed by atoms with Gasteiger partial charge in [0, 0.05) is 22.8 Å². The van der Waals surface area contributed by atoms with Crippen molar-refractivity contribution in [3.8, 4) is 0 Å². The minimum atomic E-state index is -1.07. The molecule has 2 aromatic rings. The summed E-state index contributed by atoms with van der Waals surface area (Å²) in [7, 11) is 0. The van der Waals surface area contributed by atoms with E-state index >= 15 is 0 Å². The first-order valence-corrected chi connectivity index (χ1v) is 5.33. The lowest BCUT2D eigenvalue weighted by Crippen LogP contribution is -2.04. The standard InChI is InChI=1S/C12H10ClNO3/c13-9-2-1-3-10(6-9)14-7-8-4-5-17-11(8)12(15)16/h1-6,14H,7H2,(H,15,16). The molecule has 0 fully saturated rings. The average molecular weight is 252 g/mol. The van der Waals surface area contributed by atoms with E-state index in [1.165, 1.54) is 6.26 Å². The van der Waals surface area contributed by atoms with E-state index in [-0.39, 0.29) is 5.76 Å². The fourth-order valence-corrected chi connectivity index (χ4v) is 1.65. The van der Waals surface area contributed by atoms with Gasteiger partial charge in [-0.1, -0.05) is 17.7 Å². The molecule has 2 N–H and O–H groups in total. The molecule has 0 bridgehead atoms. The van der Waals surface area contributed by atoms with E-state index in [0.717, 1.165) is 5.69 Å². The summed E-state index contributed by atoms with van der Waals surface area (Å²) < 4.78 is 4.87. The first-order valence-electron chi connectivity index (χ1n) is 4.96. The molecular formula is C12H10ClNO3. The Labute approximate surface area is 103 Å². The van der Waals surface area contributed by atoms with Gasteiger partial charge in [0.1, 0.15) is 0 Å². The Hall–Kier alpha value is -1.94. The van der Waals surface area contributed by atoms with E-state index < -0.39 is 5.97 Å². The number of carboxylic acid groups (broad SMARTS) is 1. The van der Waals surface area contributed by atoms with Crippen LogP contribution in [0.3, 0.4) is 0 Å². The molecule has 0 aliphatic heterocycles. The second-order valence-electron chi connectivity index (χ2n) is 3.44. The number of carboxylic acids is 1. The van der Waals surface area contributed by atoms with Gasteiger partial charge < -0.3 is 14.8 Å². The van der Waals surface area contributed by atoms with Crippen LogP contribution in [-0.4, -0.2) is 11.1 Å². The number of anilines is 1. The predicted octanol–water partition coefficient (Wildman–Crippen LogP) is 3.24. The van der Waals surface area contributed by atoms with Crippen molar-refractivity contribution in [3.63, 3.8) is 0 Å². The first kappa shape index (κ1) is 11.5. The summed E-state index contributed by atoms with van der Waals surface area (Å²) in [5.74, 6) is -1.11. The molecule has 1 heterocycles. The summed E-state index contributed by atoms with van der Waals surface area (Å²) in [6.07, 6.45) is 1.36. The smallest absolute Gasteiger partial charge is 0.372 e. The van der Waals surface area contributed by atoms with Crippen molar-refractivity contribution in [2.24, 2.45) is 0 Å². The van der Waals surface area contributed by atoms with Crippen LogP contribution in [0, 0.1) is 0 Å².